The molecule has 0 bridgehead atoms. The van der Waals surface area contributed by atoms with Crippen molar-refractivity contribution in [3.63, 3.8) is 0 Å². The van der Waals surface area contributed by atoms with Crippen LogP contribution in [0.3, 0.4) is 0 Å². The summed E-state index contributed by atoms with van der Waals surface area (Å²) < 4.78 is 5.51. The van der Waals surface area contributed by atoms with Crippen LogP contribution in [0.2, 0.25) is 0 Å². The predicted molar refractivity (Wildman–Crippen MR) is 48.6 cm³/mol. The number of nitrogens with two attached hydrogens (primary N) is 1. The molecule has 0 aliphatic carbocycles. The Bertz CT molecular complexity index is 85.6. The highest BCUT2D eigenvalue weighted by atomic mass is 16.5. The predicted octanol–water partition coefficient (Wildman–Crippen LogP) is 1.93. The maximum absolute atomic E-state index is 5.69. The van der Waals surface area contributed by atoms with Crippen LogP contribution in [0.25, 0.3) is 0 Å². The molecule has 0 aliphatic heterocycles. The molecular formula is C9H21NO. The molecular weight excluding hydrogens is 138 g/mol. The summed E-state index contributed by atoms with van der Waals surface area (Å²) in [4.78, 5) is 0. The van der Waals surface area contributed by atoms with E-state index in [1.54, 1.807) is 0 Å². The molecule has 0 rings (SSSR count). The molecule has 2 atom stereocenters. The summed E-state index contributed by atoms with van der Waals surface area (Å²) in [6.45, 7) is 7.06. The van der Waals surface area contributed by atoms with E-state index in [1.807, 2.05) is 0 Å². The first-order chi connectivity index (χ1) is 5.20. The Morgan fingerprint density at radius 3 is 2.45 bits per heavy atom. The quantitative estimate of drug-likeness (QED) is 0.642. The highest BCUT2D eigenvalue weighted by Gasteiger charge is 2.03. The first kappa shape index (κ1) is 10.9. The molecule has 0 heterocycles. The third-order valence-corrected chi connectivity index (χ3v) is 1.81. The molecule has 2 unspecified atom stereocenters. The molecule has 11 heavy (non-hydrogen) atoms. The molecule has 0 saturated heterocycles. The molecule has 0 amide bonds. The van der Waals surface area contributed by atoms with E-state index in [0.717, 1.165) is 12.8 Å². The molecule has 0 aliphatic rings. The van der Waals surface area contributed by atoms with Gasteiger partial charge in [0.2, 0.25) is 0 Å². The van der Waals surface area contributed by atoms with Gasteiger partial charge in [0.05, 0.1) is 12.7 Å². The highest BCUT2D eigenvalue weighted by molar-refractivity contribution is 4.57. The Hall–Kier alpha value is -0.0800. The lowest BCUT2D eigenvalue weighted by Gasteiger charge is -2.14. The van der Waals surface area contributed by atoms with Crippen molar-refractivity contribution in [3.8, 4) is 0 Å². The minimum atomic E-state index is 0.217. The van der Waals surface area contributed by atoms with Gasteiger partial charge in [0, 0.05) is 6.04 Å². The summed E-state index contributed by atoms with van der Waals surface area (Å²) in [5.41, 5.74) is 5.69. The van der Waals surface area contributed by atoms with Crippen LogP contribution in [0, 0.1) is 0 Å². The Morgan fingerprint density at radius 1 is 1.36 bits per heavy atom. The van der Waals surface area contributed by atoms with E-state index < -0.39 is 0 Å². The van der Waals surface area contributed by atoms with E-state index in [-0.39, 0.29) is 6.04 Å². The Balaban J connectivity index is 3.22. The second kappa shape index (κ2) is 6.62. The average Bonchev–Trinajstić information content (AvgIpc) is 2.01. The minimum Gasteiger partial charge on any atom is -0.377 e. The molecule has 0 fully saturated rings. The largest absolute Gasteiger partial charge is 0.377 e. The minimum absolute atomic E-state index is 0.217. The van der Waals surface area contributed by atoms with Crippen LogP contribution in [0.5, 0.6) is 0 Å². The van der Waals surface area contributed by atoms with Crippen LogP contribution in [0.4, 0.5) is 0 Å². The third kappa shape index (κ3) is 6.32. The van der Waals surface area contributed by atoms with Gasteiger partial charge in [0.15, 0.2) is 0 Å². The van der Waals surface area contributed by atoms with Gasteiger partial charge in [0.25, 0.3) is 0 Å². The van der Waals surface area contributed by atoms with Gasteiger partial charge in [-0.05, 0) is 19.8 Å². The van der Waals surface area contributed by atoms with Crippen LogP contribution < -0.4 is 5.73 Å². The lowest BCUT2D eigenvalue weighted by molar-refractivity contribution is 0.0499. The van der Waals surface area contributed by atoms with E-state index in [4.69, 9.17) is 10.5 Å². The fourth-order valence-electron chi connectivity index (χ4n) is 0.896. The molecule has 0 aromatic rings. The molecule has 0 aromatic carbocycles. The van der Waals surface area contributed by atoms with Gasteiger partial charge < -0.3 is 10.5 Å². The standard InChI is InChI=1S/C9H21NO/c1-4-6-8(3)11-7-9(10)5-2/h8-9H,4-7,10H2,1-3H3. The van der Waals surface area contributed by atoms with Crippen molar-refractivity contribution in [2.24, 2.45) is 5.73 Å². The van der Waals surface area contributed by atoms with Crippen molar-refractivity contribution in [3.05, 3.63) is 0 Å². The average molecular weight is 159 g/mol. The second-order valence-corrected chi connectivity index (χ2v) is 3.10. The molecule has 0 saturated carbocycles. The molecule has 0 radical (unpaired) electrons. The molecule has 2 nitrogen and oxygen atoms in total. The molecule has 2 heteroatoms. The first-order valence-corrected chi connectivity index (χ1v) is 4.57. The van der Waals surface area contributed by atoms with Crippen molar-refractivity contribution in [2.45, 2.75) is 52.2 Å². The zero-order valence-corrected chi connectivity index (χ0v) is 7.97. The number of hydrogen-bond donors (Lipinski definition) is 1. The normalized spacial score (nSPS) is 16.4. The smallest absolute Gasteiger partial charge is 0.0621 e. The fraction of sp³-hybridized carbons (Fsp3) is 1.00. The summed E-state index contributed by atoms with van der Waals surface area (Å²) in [6, 6.07) is 0.217. The first-order valence-electron chi connectivity index (χ1n) is 4.57. The summed E-state index contributed by atoms with van der Waals surface area (Å²) in [5.74, 6) is 0. The molecule has 2 N–H and O–H groups in total. The zero-order valence-electron chi connectivity index (χ0n) is 7.97. The number of ether oxygens (including phenoxy) is 1. The van der Waals surface area contributed by atoms with Gasteiger partial charge in [0.1, 0.15) is 0 Å². The summed E-state index contributed by atoms with van der Waals surface area (Å²) in [5, 5.41) is 0. The van der Waals surface area contributed by atoms with Crippen molar-refractivity contribution >= 4 is 0 Å². The van der Waals surface area contributed by atoms with E-state index in [9.17, 15) is 0 Å². The maximum Gasteiger partial charge on any atom is 0.0621 e. The van der Waals surface area contributed by atoms with E-state index in [0.29, 0.717) is 12.7 Å². The van der Waals surface area contributed by atoms with Crippen molar-refractivity contribution in [1.82, 2.24) is 0 Å². The second-order valence-electron chi connectivity index (χ2n) is 3.10. The summed E-state index contributed by atoms with van der Waals surface area (Å²) in [6.07, 6.45) is 3.69. The van der Waals surface area contributed by atoms with Gasteiger partial charge in [-0.1, -0.05) is 20.3 Å². The van der Waals surface area contributed by atoms with Crippen LogP contribution in [0.15, 0.2) is 0 Å². The van der Waals surface area contributed by atoms with Gasteiger partial charge in [-0.25, -0.2) is 0 Å². The van der Waals surface area contributed by atoms with Crippen LogP contribution in [0.1, 0.15) is 40.0 Å². The van der Waals surface area contributed by atoms with Crippen LogP contribution in [-0.2, 0) is 4.74 Å². The van der Waals surface area contributed by atoms with Crippen LogP contribution >= 0.6 is 0 Å². The number of hydrogen-bond acceptors (Lipinski definition) is 2. The molecule has 0 spiro atoms. The SMILES string of the molecule is CCCC(C)OCC(N)CC. The van der Waals surface area contributed by atoms with Crippen LogP contribution in [-0.4, -0.2) is 18.8 Å². The Labute approximate surface area is 70.1 Å². The van der Waals surface area contributed by atoms with Gasteiger partial charge in [-0.2, -0.15) is 0 Å². The van der Waals surface area contributed by atoms with Gasteiger partial charge >= 0.3 is 0 Å². The van der Waals surface area contributed by atoms with E-state index in [2.05, 4.69) is 20.8 Å². The van der Waals surface area contributed by atoms with E-state index in [1.165, 1.54) is 6.42 Å². The Kier molecular flexibility index (Phi) is 6.57. The zero-order chi connectivity index (χ0) is 8.69. The monoisotopic (exact) mass is 159 g/mol. The summed E-state index contributed by atoms with van der Waals surface area (Å²) >= 11 is 0. The highest BCUT2D eigenvalue weighted by Crippen LogP contribution is 2.01. The van der Waals surface area contributed by atoms with Crippen molar-refractivity contribution in [1.29, 1.82) is 0 Å². The van der Waals surface area contributed by atoms with Crippen molar-refractivity contribution < 1.29 is 4.74 Å². The lowest BCUT2D eigenvalue weighted by Crippen LogP contribution is -2.27. The topological polar surface area (TPSA) is 35.2 Å². The Morgan fingerprint density at radius 2 is 2.00 bits per heavy atom. The fourth-order valence-corrected chi connectivity index (χ4v) is 0.896. The molecule has 0 aromatic heterocycles. The van der Waals surface area contributed by atoms with E-state index >= 15 is 0 Å². The molecule has 68 valence electrons. The van der Waals surface area contributed by atoms with Gasteiger partial charge in [-0.15, -0.1) is 0 Å². The van der Waals surface area contributed by atoms with Gasteiger partial charge in [-0.3, -0.25) is 0 Å². The van der Waals surface area contributed by atoms with Crippen molar-refractivity contribution in [2.75, 3.05) is 6.61 Å². The maximum atomic E-state index is 5.69. The third-order valence-electron chi connectivity index (χ3n) is 1.81. The lowest BCUT2D eigenvalue weighted by atomic mass is 10.2. The summed E-state index contributed by atoms with van der Waals surface area (Å²) in [7, 11) is 0. The number of rotatable bonds is 6.